The molecule has 1 unspecified atom stereocenters. The van der Waals surface area contributed by atoms with Crippen LogP contribution in [-0.4, -0.2) is 35.1 Å². The van der Waals surface area contributed by atoms with Gasteiger partial charge < -0.3 is 9.64 Å². The Hall–Kier alpha value is -2.57. The van der Waals surface area contributed by atoms with Gasteiger partial charge in [0.2, 0.25) is 5.91 Å². The second-order valence-electron chi connectivity index (χ2n) is 7.31. The van der Waals surface area contributed by atoms with Crippen molar-refractivity contribution in [2.24, 2.45) is 0 Å². The monoisotopic (exact) mass is 406 g/mol. The molecule has 29 heavy (non-hydrogen) atoms. The van der Waals surface area contributed by atoms with Gasteiger partial charge in [0.05, 0.1) is 18.3 Å². The number of nitrogens with zero attached hydrogens (tertiary/aromatic N) is 2. The number of carbonyl (C=O) groups excluding carboxylic acids is 1. The molecule has 0 N–H and O–H groups in total. The van der Waals surface area contributed by atoms with Crippen molar-refractivity contribution >= 4 is 5.91 Å². The molecule has 1 aromatic carbocycles. The Morgan fingerprint density at radius 2 is 2.03 bits per heavy atom. The molecule has 1 aliphatic carbocycles. The number of carbonyl (C=O) groups is 1. The van der Waals surface area contributed by atoms with E-state index in [1.54, 1.807) is 12.3 Å². The fraction of sp³-hybridized carbons (Fsp3) is 0.455. The average molecular weight is 406 g/mol. The van der Waals surface area contributed by atoms with E-state index in [0.29, 0.717) is 18.5 Å². The lowest BCUT2D eigenvalue weighted by atomic mass is 9.90. The molecule has 0 saturated heterocycles. The smallest absolute Gasteiger partial charge is 0.406 e. The summed E-state index contributed by atoms with van der Waals surface area (Å²) in [4.78, 5) is 18.0. The van der Waals surface area contributed by atoms with E-state index in [1.165, 1.54) is 0 Å². The molecule has 7 heteroatoms. The molecule has 0 aliphatic heterocycles. The van der Waals surface area contributed by atoms with Crippen molar-refractivity contribution in [1.82, 2.24) is 9.88 Å². The summed E-state index contributed by atoms with van der Waals surface area (Å²) in [5, 5.41) is 0. The summed E-state index contributed by atoms with van der Waals surface area (Å²) in [6.07, 6.45) is -0.530. The van der Waals surface area contributed by atoms with Crippen molar-refractivity contribution < 1.29 is 22.7 Å². The number of amides is 1. The Kier molecular flexibility index (Phi) is 6.77. The van der Waals surface area contributed by atoms with Gasteiger partial charge in [0, 0.05) is 12.6 Å². The van der Waals surface area contributed by atoms with Crippen LogP contribution >= 0.6 is 0 Å². The third kappa shape index (κ3) is 5.71. The zero-order valence-corrected chi connectivity index (χ0v) is 16.4. The number of hydrogen-bond donors (Lipinski definition) is 0. The molecule has 0 saturated carbocycles. The van der Waals surface area contributed by atoms with Crippen LogP contribution in [0.5, 0.6) is 5.75 Å². The number of aromatic nitrogens is 1. The Morgan fingerprint density at radius 1 is 1.24 bits per heavy atom. The molecule has 1 aliphatic rings. The Bertz CT molecular complexity index is 839. The fourth-order valence-electron chi connectivity index (χ4n) is 3.72. The van der Waals surface area contributed by atoms with Gasteiger partial charge in [-0.15, -0.1) is 0 Å². The van der Waals surface area contributed by atoms with Gasteiger partial charge >= 0.3 is 6.18 Å². The van der Waals surface area contributed by atoms with E-state index in [1.807, 2.05) is 37.3 Å². The number of pyridine rings is 1. The molecule has 0 radical (unpaired) electrons. The van der Waals surface area contributed by atoms with Gasteiger partial charge in [-0.05, 0) is 55.9 Å². The van der Waals surface area contributed by atoms with Crippen LogP contribution in [0.2, 0.25) is 0 Å². The zero-order valence-electron chi connectivity index (χ0n) is 16.4. The first-order chi connectivity index (χ1) is 13.8. The minimum absolute atomic E-state index is 0.000623. The van der Waals surface area contributed by atoms with Gasteiger partial charge in [-0.1, -0.05) is 24.3 Å². The second kappa shape index (κ2) is 9.29. The van der Waals surface area contributed by atoms with Crippen molar-refractivity contribution in [3.05, 3.63) is 59.4 Å². The lowest BCUT2D eigenvalue weighted by Crippen LogP contribution is -2.43. The van der Waals surface area contributed by atoms with Gasteiger partial charge in [0.25, 0.3) is 0 Å². The number of alkyl halides is 3. The van der Waals surface area contributed by atoms with Crippen molar-refractivity contribution in [1.29, 1.82) is 0 Å². The molecule has 0 spiro atoms. The number of fused-ring (bicyclic) bond motifs is 1. The minimum Gasteiger partial charge on any atom is -0.493 e. The molecule has 0 fully saturated rings. The van der Waals surface area contributed by atoms with Crippen molar-refractivity contribution in [2.75, 3.05) is 13.2 Å². The molecule has 156 valence electrons. The maximum absolute atomic E-state index is 13.2. The third-order valence-electron chi connectivity index (χ3n) is 5.10. The Balaban J connectivity index is 1.66. The average Bonchev–Trinajstić information content (AvgIpc) is 2.69. The summed E-state index contributed by atoms with van der Waals surface area (Å²) in [6, 6.07) is 10.5. The largest absolute Gasteiger partial charge is 0.493 e. The molecular weight excluding hydrogens is 381 g/mol. The van der Waals surface area contributed by atoms with Gasteiger partial charge in [-0.2, -0.15) is 13.2 Å². The van der Waals surface area contributed by atoms with E-state index < -0.39 is 24.7 Å². The van der Waals surface area contributed by atoms with Gasteiger partial charge in [0.1, 0.15) is 12.3 Å². The Labute approximate surface area is 168 Å². The summed E-state index contributed by atoms with van der Waals surface area (Å²) in [7, 11) is 0. The molecule has 2 aromatic rings. The highest BCUT2D eigenvalue weighted by Crippen LogP contribution is 2.35. The van der Waals surface area contributed by atoms with E-state index in [2.05, 4.69) is 4.98 Å². The van der Waals surface area contributed by atoms with Gasteiger partial charge in [0.15, 0.2) is 0 Å². The molecule has 1 aromatic heterocycles. The minimum atomic E-state index is -4.46. The van der Waals surface area contributed by atoms with E-state index in [-0.39, 0.29) is 13.0 Å². The third-order valence-corrected chi connectivity index (χ3v) is 5.10. The molecule has 1 atom stereocenters. The maximum atomic E-state index is 13.2. The predicted octanol–water partition coefficient (Wildman–Crippen LogP) is 5.02. The van der Waals surface area contributed by atoms with Crippen molar-refractivity contribution in [2.45, 2.75) is 51.2 Å². The van der Waals surface area contributed by atoms with Crippen LogP contribution < -0.4 is 4.74 Å². The SMILES string of the molecule is Cc1ccccc1OCCCC(=O)N(CC(F)(F)F)C1CCCc2cccnc21. The molecule has 4 nitrogen and oxygen atoms in total. The van der Waals surface area contributed by atoms with Gasteiger partial charge in [-0.25, -0.2) is 0 Å². The topological polar surface area (TPSA) is 42.4 Å². The number of benzene rings is 1. The zero-order chi connectivity index (χ0) is 20.9. The Morgan fingerprint density at radius 3 is 2.79 bits per heavy atom. The lowest BCUT2D eigenvalue weighted by molar-refractivity contribution is -0.167. The number of rotatable bonds is 7. The van der Waals surface area contributed by atoms with E-state index in [4.69, 9.17) is 4.74 Å². The van der Waals surface area contributed by atoms with Gasteiger partial charge in [-0.3, -0.25) is 9.78 Å². The first-order valence-electron chi connectivity index (χ1n) is 9.83. The number of para-hydroxylation sites is 1. The predicted molar refractivity (Wildman–Crippen MR) is 104 cm³/mol. The highest BCUT2D eigenvalue weighted by atomic mass is 19.4. The molecule has 3 rings (SSSR count). The number of halogens is 3. The number of ether oxygens (including phenoxy) is 1. The summed E-state index contributed by atoms with van der Waals surface area (Å²) in [6.45, 7) is 0.931. The van der Waals surface area contributed by atoms with Crippen LogP contribution in [0.4, 0.5) is 13.2 Å². The summed E-state index contributed by atoms with van der Waals surface area (Å²) in [5.41, 5.74) is 2.49. The molecular formula is C22H25F3N2O2. The number of hydrogen-bond acceptors (Lipinski definition) is 3. The van der Waals surface area contributed by atoms with Crippen LogP contribution in [-0.2, 0) is 11.2 Å². The normalized spacial score (nSPS) is 16.2. The molecule has 0 bridgehead atoms. The van der Waals surface area contributed by atoms with Crippen LogP contribution in [0.1, 0.15) is 48.5 Å². The van der Waals surface area contributed by atoms with E-state index in [0.717, 1.165) is 34.6 Å². The first-order valence-corrected chi connectivity index (χ1v) is 9.83. The number of aryl methyl sites for hydroxylation is 2. The highest BCUT2D eigenvalue weighted by molar-refractivity contribution is 5.76. The van der Waals surface area contributed by atoms with Crippen LogP contribution in [0.15, 0.2) is 42.6 Å². The summed E-state index contributed by atoms with van der Waals surface area (Å²) in [5.74, 6) is 0.205. The fourth-order valence-corrected chi connectivity index (χ4v) is 3.72. The van der Waals surface area contributed by atoms with Crippen LogP contribution in [0, 0.1) is 6.92 Å². The van der Waals surface area contributed by atoms with E-state index >= 15 is 0 Å². The standard InChI is InChI=1S/C22H25F3N2O2/c1-16-7-2-3-11-19(16)29-14-6-12-20(28)27(15-22(23,24)25)18-10-4-8-17-9-5-13-26-21(17)18/h2-3,5,7,9,11,13,18H,4,6,8,10,12,14-15H2,1H3. The highest BCUT2D eigenvalue weighted by Gasteiger charge is 2.38. The van der Waals surface area contributed by atoms with Crippen LogP contribution in [0.3, 0.4) is 0 Å². The molecule has 1 amide bonds. The van der Waals surface area contributed by atoms with E-state index in [9.17, 15) is 18.0 Å². The molecule has 1 heterocycles. The van der Waals surface area contributed by atoms with Crippen molar-refractivity contribution in [3.8, 4) is 5.75 Å². The first kappa shape index (κ1) is 21.1. The van der Waals surface area contributed by atoms with Crippen molar-refractivity contribution in [3.63, 3.8) is 0 Å². The summed E-state index contributed by atoms with van der Waals surface area (Å²) >= 11 is 0. The quantitative estimate of drug-likeness (QED) is 0.607. The maximum Gasteiger partial charge on any atom is 0.406 e. The lowest BCUT2D eigenvalue weighted by Gasteiger charge is -2.35. The summed E-state index contributed by atoms with van der Waals surface area (Å²) < 4.78 is 45.3. The second-order valence-corrected chi connectivity index (χ2v) is 7.31. The van der Waals surface area contributed by atoms with Crippen LogP contribution in [0.25, 0.3) is 0 Å².